The van der Waals surface area contributed by atoms with E-state index in [1.54, 1.807) is 36.4 Å². The Morgan fingerprint density at radius 3 is 1.11 bits per heavy atom. The molecular formula is C30H28N2O4. The maximum atomic E-state index is 13.8. The molecule has 6 rings (SSSR count). The number of carbonyl (C=O) groups excluding carboxylic acids is 4. The maximum Gasteiger partial charge on any atom is 0.241 e. The minimum Gasteiger partial charge on any atom is -0.273 e. The quantitative estimate of drug-likeness (QED) is 0.477. The van der Waals surface area contributed by atoms with Crippen molar-refractivity contribution < 1.29 is 19.2 Å². The van der Waals surface area contributed by atoms with Crippen LogP contribution in [0.3, 0.4) is 0 Å². The predicted molar refractivity (Wildman–Crippen MR) is 136 cm³/mol. The van der Waals surface area contributed by atoms with Crippen molar-refractivity contribution in [3.63, 3.8) is 0 Å². The van der Waals surface area contributed by atoms with Gasteiger partial charge in [-0.1, -0.05) is 48.6 Å². The van der Waals surface area contributed by atoms with E-state index in [9.17, 15) is 19.2 Å². The molecule has 182 valence electrons. The lowest BCUT2D eigenvalue weighted by atomic mass is 9.55. The molecule has 0 bridgehead atoms. The van der Waals surface area contributed by atoms with Crippen molar-refractivity contribution in [2.45, 2.75) is 27.7 Å². The SMILES string of the molecule is Cc1cccc(N2C(=O)[C@H]3C=C[C@H]4C(=O)N(c5cccc(C)c5C)C(=O)[C@@H]5C=C[C@H](C2=O)C3C45)c1C. The van der Waals surface area contributed by atoms with Gasteiger partial charge >= 0.3 is 0 Å². The number of anilines is 2. The van der Waals surface area contributed by atoms with Gasteiger partial charge in [0, 0.05) is 0 Å². The first-order valence-corrected chi connectivity index (χ1v) is 12.5. The molecule has 4 atom stereocenters. The third kappa shape index (κ3) is 2.90. The fourth-order valence-electron chi connectivity index (χ4n) is 6.63. The number of hydrogen-bond acceptors (Lipinski definition) is 4. The van der Waals surface area contributed by atoms with E-state index in [1.807, 2.05) is 52.0 Å². The Kier molecular flexibility index (Phi) is 4.94. The Hall–Kier alpha value is -3.80. The van der Waals surface area contributed by atoms with Crippen molar-refractivity contribution in [3.8, 4) is 0 Å². The van der Waals surface area contributed by atoms with E-state index in [-0.39, 0.29) is 23.6 Å². The Morgan fingerprint density at radius 2 is 0.806 bits per heavy atom. The minimum atomic E-state index is -0.561. The molecule has 2 saturated heterocycles. The van der Waals surface area contributed by atoms with E-state index in [0.29, 0.717) is 11.4 Å². The summed E-state index contributed by atoms with van der Waals surface area (Å²) in [7, 11) is 0. The fourth-order valence-corrected chi connectivity index (χ4v) is 6.63. The Morgan fingerprint density at radius 1 is 0.500 bits per heavy atom. The topological polar surface area (TPSA) is 74.8 Å². The number of piperidine rings is 2. The molecule has 2 aliphatic carbocycles. The summed E-state index contributed by atoms with van der Waals surface area (Å²) in [6.07, 6.45) is 7.21. The molecule has 2 aliphatic heterocycles. The molecule has 0 radical (unpaired) electrons. The van der Waals surface area contributed by atoms with Gasteiger partial charge < -0.3 is 0 Å². The first kappa shape index (κ1) is 22.7. The zero-order chi connectivity index (χ0) is 25.5. The van der Waals surface area contributed by atoms with Gasteiger partial charge in [-0.2, -0.15) is 0 Å². The van der Waals surface area contributed by atoms with Crippen LogP contribution in [0.2, 0.25) is 0 Å². The van der Waals surface area contributed by atoms with Gasteiger partial charge in [0.15, 0.2) is 0 Å². The predicted octanol–water partition coefficient (Wildman–Crippen LogP) is 4.20. The van der Waals surface area contributed by atoms with E-state index in [2.05, 4.69) is 0 Å². The lowest BCUT2D eigenvalue weighted by molar-refractivity contribution is -0.148. The van der Waals surface area contributed by atoms with Gasteiger partial charge in [-0.3, -0.25) is 19.2 Å². The van der Waals surface area contributed by atoms with Gasteiger partial charge in [-0.25, -0.2) is 9.80 Å². The van der Waals surface area contributed by atoms with Crippen LogP contribution < -0.4 is 9.80 Å². The van der Waals surface area contributed by atoms with E-state index in [0.717, 1.165) is 22.3 Å². The van der Waals surface area contributed by atoms with Gasteiger partial charge in [-0.15, -0.1) is 0 Å². The Bertz CT molecular complexity index is 1260. The molecule has 2 aromatic rings. The average Bonchev–Trinajstić information content (AvgIpc) is 2.86. The highest BCUT2D eigenvalue weighted by atomic mass is 16.2. The zero-order valence-electron chi connectivity index (χ0n) is 20.8. The number of hydrogen-bond donors (Lipinski definition) is 0. The summed E-state index contributed by atoms with van der Waals surface area (Å²) in [5.41, 5.74) is 4.99. The smallest absolute Gasteiger partial charge is 0.241 e. The molecule has 0 unspecified atom stereocenters. The second kappa shape index (κ2) is 7.85. The molecule has 0 spiro atoms. The summed E-state index contributed by atoms with van der Waals surface area (Å²) in [4.78, 5) is 57.7. The van der Waals surface area contributed by atoms with Crippen LogP contribution in [-0.2, 0) is 19.2 Å². The van der Waals surface area contributed by atoms with Crippen LogP contribution in [0.15, 0.2) is 60.7 Å². The highest BCUT2D eigenvalue weighted by molar-refractivity contribution is 6.22. The monoisotopic (exact) mass is 480 g/mol. The van der Waals surface area contributed by atoms with E-state index < -0.39 is 35.5 Å². The summed E-state index contributed by atoms with van der Waals surface area (Å²) in [6.45, 7) is 7.74. The molecule has 6 nitrogen and oxygen atoms in total. The van der Waals surface area contributed by atoms with Crippen LogP contribution in [-0.4, -0.2) is 23.6 Å². The van der Waals surface area contributed by atoms with Gasteiger partial charge in [0.05, 0.1) is 35.0 Å². The van der Waals surface area contributed by atoms with Crippen molar-refractivity contribution in [1.29, 1.82) is 0 Å². The van der Waals surface area contributed by atoms with Crippen LogP contribution >= 0.6 is 0 Å². The molecule has 2 fully saturated rings. The third-order valence-electron chi connectivity index (χ3n) is 8.81. The number of carbonyl (C=O) groups is 4. The van der Waals surface area contributed by atoms with Gasteiger partial charge in [0.2, 0.25) is 23.6 Å². The van der Waals surface area contributed by atoms with Crippen LogP contribution in [0.5, 0.6) is 0 Å². The largest absolute Gasteiger partial charge is 0.273 e. The van der Waals surface area contributed by atoms with Gasteiger partial charge in [0.1, 0.15) is 0 Å². The maximum absolute atomic E-state index is 13.8. The molecule has 4 aliphatic rings. The summed E-state index contributed by atoms with van der Waals surface area (Å²) in [6, 6.07) is 11.2. The zero-order valence-corrected chi connectivity index (χ0v) is 20.8. The summed E-state index contributed by atoms with van der Waals surface area (Å²) in [5.74, 6) is -4.20. The van der Waals surface area contributed by atoms with Crippen LogP contribution in [0, 0.1) is 63.2 Å². The fraction of sp³-hybridized carbons (Fsp3) is 0.333. The lowest BCUT2D eigenvalue weighted by Gasteiger charge is -2.53. The second-order valence-electron chi connectivity index (χ2n) is 10.5. The lowest BCUT2D eigenvalue weighted by Crippen LogP contribution is -2.64. The molecule has 6 heteroatoms. The summed E-state index contributed by atoms with van der Waals surface area (Å²) in [5, 5.41) is 0. The standard InChI is InChI=1S/C30H28N2O4/c1-15-7-5-9-23(17(15)3)31-27(33)19-11-13-21-26-22(14-12-20(25(19)26)28(31)34)30(36)32(29(21)35)24-10-6-8-16(2)18(24)4/h5-14,19-22,25-26H,1-4H3/t19-,20-,21+,22+,25?,26?. The number of nitrogens with zero attached hydrogens (tertiary/aromatic N) is 2. The van der Waals surface area contributed by atoms with Crippen LogP contribution in [0.4, 0.5) is 11.4 Å². The number of imide groups is 2. The third-order valence-corrected chi connectivity index (χ3v) is 8.81. The van der Waals surface area contributed by atoms with Crippen molar-refractivity contribution in [1.82, 2.24) is 0 Å². The minimum absolute atomic E-state index is 0.282. The van der Waals surface area contributed by atoms with Gasteiger partial charge in [-0.05, 0) is 73.9 Å². The molecular weight excluding hydrogens is 452 g/mol. The van der Waals surface area contributed by atoms with E-state index in [1.165, 1.54) is 9.80 Å². The molecule has 0 N–H and O–H groups in total. The number of benzene rings is 2. The molecule has 0 aromatic heterocycles. The van der Waals surface area contributed by atoms with Gasteiger partial charge in [0.25, 0.3) is 0 Å². The van der Waals surface area contributed by atoms with Crippen LogP contribution in [0.1, 0.15) is 22.3 Å². The van der Waals surface area contributed by atoms with Crippen LogP contribution in [0.25, 0.3) is 0 Å². The molecule has 2 heterocycles. The van der Waals surface area contributed by atoms with E-state index >= 15 is 0 Å². The van der Waals surface area contributed by atoms with Crippen molar-refractivity contribution in [3.05, 3.63) is 83.0 Å². The normalized spacial score (nSPS) is 30.7. The number of rotatable bonds is 2. The highest BCUT2D eigenvalue weighted by Crippen LogP contribution is 2.53. The number of aryl methyl sites for hydroxylation is 2. The number of amides is 4. The molecule has 2 aromatic carbocycles. The Labute approximate surface area is 210 Å². The molecule has 36 heavy (non-hydrogen) atoms. The molecule has 4 amide bonds. The molecule has 0 saturated carbocycles. The van der Waals surface area contributed by atoms with E-state index in [4.69, 9.17) is 0 Å². The van der Waals surface area contributed by atoms with Crippen molar-refractivity contribution >= 4 is 35.0 Å². The first-order chi connectivity index (χ1) is 17.2. The van der Waals surface area contributed by atoms with Crippen molar-refractivity contribution in [2.75, 3.05) is 9.80 Å². The van der Waals surface area contributed by atoms with Crippen molar-refractivity contribution in [2.24, 2.45) is 35.5 Å². The summed E-state index contributed by atoms with van der Waals surface area (Å²) < 4.78 is 0. The second-order valence-corrected chi connectivity index (χ2v) is 10.5. The Balaban J connectivity index is 1.45. The average molecular weight is 481 g/mol. The first-order valence-electron chi connectivity index (χ1n) is 12.5. The highest BCUT2D eigenvalue weighted by Gasteiger charge is 2.61. The summed E-state index contributed by atoms with van der Waals surface area (Å²) >= 11 is 0.